The highest BCUT2D eigenvalue weighted by atomic mass is 35.5. The molecule has 2 N–H and O–H groups in total. The lowest BCUT2D eigenvalue weighted by atomic mass is 10.1. The molecule has 21 heavy (non-hydrogen) atoms. The Labute approximate surface area is 129 Å². The molecule has 4 nitrogen and oxygen atoms in total. The number of rotatable bonds is 6. The van der Waals surface area contributed by atoms with Crippen LogP contribution in [-0.4, -0.2) is 20.1 Å². The standard InChI is InChI=1S/C15H16ClNO3S/c16-14-3-1-2-4-15(14)21(19,20)17-10-9-12-5-7-13(11-18)8-6-12/h1-8,17-18H,9-11H2. The number of benzene rings is 2. The first-order valence-corrected chi connectivity index (χ1v) is 8.32. The van der Waals surface area contributed by atoms with Crippen LogP contribution >= 0.6 is 11.6 Å². The number of halogens is 1. The molecule has 0 aromatic heterocycles. The molecule has 2 rings (SSSR count). The van der Waals surface area contributed by atoms with Gasteiger partial charge in [-0.3, -0.25) is 0 Å². The van der Waals surface area contributed by atoms with Crippen molar-refractivity contribution in [2.75, 3.05) is 6.54 Å². The van der Waals surface area contributed by atoms with E-state index < -0.39 is 10.0 Å². The molecule has 0 amide bonds. The highest BCUT2D eigenvalue weighted by Gasteiger charge is 2.16. The molecule has 0 aliphatic rings. The lowest BCUT2D eigenvalue weighted by Crippen LogP contribution is -2.26. The van der Waals surface area contributed by atoms with Gasteiger partial charge in [0.05, 0.1) is 11.6 Å². The Balaban J connectivity index is 1.97. The largest absolute Gasteiger partial charge is 0.392 e. The molecule has 0 unspecified atom stereocenters. The zero-order chi connectivity index (χ0) is 15.3. The normalized spacial score (nSPS) is 11.5. The average Bonchev–Trinajstić information content (AvgIpc) is 2.48. The van der Waals surface area contributed by atoms with Crippen LogP contribution in [0.2, 0.25) is 5.02 Å². The Bertz CT molecular complexity index is 699. The van der Waals surface area contributed by atoms with Crippen LogP contribution in [0.3, 0.4) is 0 Å². The minimum absolute atomic E-state index is 0.000580. The molecule has 0 radical (unpaired) electrons. The topological polar surface area (TPSA) is 66.4 Å². The van der Waals surface area contributed by atoms with E-state index in [1.54, 1.807) is 18.2 Å². The van der Waals surface area contributed by atoms with E-state index in [-0.39, 0.29) is 23.1 Å². The number of hydrogen-bond donors (Lipinski definition) is 2. The van der Waals surface area contributed by atoms with E-state index in [0.29, 0.717) is 6.42 Å². The van der Waals surface area contributed by atoms with E-state index in [9.17, 15) is 8.42 Å². The van der Waals surface area contributed by atoms with Gasteiger partial charge in [-0.25, -0.2) is 13.1 Å². The molecule has 0 atom stereocenters. The zero-order valence-electron chi connectivity index (χ0n) is 11.3. The number of aliphatic hydroxyl groups excluding tert-OH is 1. The van der Waals surface area contributed by atoms with Crippen LogP contribution in [-0.2, 0) is 23.1 Å². The fourth-order valence-electron chi connectivity index (χ4n) is 1.88. The molecule has 2 aromatic rings. The number of nitrogens with one attached hydrogen (secondary N) is 1. The number of hydrogen-bond acceptors (Lipinski definition) is 3. The maximum atomic E-state index is 12.1. The van der Waals surface area contributed by atoms with Gasteiger partial charge in [0.2, 0.25) is 10.0 Å². The molecule has 0 heterocycles. The van der Waals surface area contributed by atoms with Crippen LogP contribution in [0.5, 0.6) is 0 Å². The van der Waals surface area contributed by atoms with Gasteiger partial charge in [0.15, 0.2) is 0 Å². The number of sulfonamides is 1. The van der Waals surface area contributed by atoms with Gasteiger partial charge >= 0.3 is 0 Å². The lowest BCUT2D eigenvalue weighted by Gasteiger charge is -2.08. The first-order valence-electron chi connectivity index (χ1n) is 6.46. The summed E-state index contributed by atoms with van der Waals surface area (Å²) in [6.45, 7) is 0.283. The third kappa shape index (κ3) is 4.28. The van der Waals surface area contributed by atoms with Crippen molar-refractivity contribution in [1.29, 1.82) is 0 Å². The minimum Gasteiger partial charge on any atom is -0.392 e. The first-order chi connectivity index (χ1) is 10.0. The summed E-state index contributed by atoms with van der Waals surface area (Å²) in [6, 6.07) is 13.7. The quantitative estimate of drug-likeness (QED) is 0.856. The molecule has 0 bridgehead atoms. The zero-order valence-corrected chi connectivity index (χ0v) is 12.9. The van der Waals surface area contributed by atoms with Gasteiger partial charge in [0.25, 0.3) is 0 Å². The van der Waals surface area contributed by atoms with Crippen molar-refractivity contribution in [3.63, 3.8) is 0 Å². The second-order valence-corrected chi connectivity index (χ2v) is 6.70. The Hall–Kier alpha value is -1.40. The van der Waals surface area contributed by atoms with E-state index in [0.717, 1.165) is 11.1 Å². The maximum absolute atomic E-state index is 12.1. The van der Waals surface area contributed by atoms with Crippen molar-refractivity contribution >= 4 is 21.6 Å². The van der Waals surface area contributed by atoms with E-state index in [4.69, 9.17) is 16.7 Å². The summed E-state index contributed by atoms with van der Waals surface area (Å²) in [5, 5.41) is 9.16. The molecule has 0 saturated heterocycles. The van der Waals surface area contributed by atoms with Crippen LogP contribution in [0.15, 0.2) is 53.4 Å². The van der Waals surface area contributed by atoms with Crippen molar-refractivity contribution in [3.8, 4) is 0 Å². The van der Waals surface area contributed by atoms with Gasteiger partial charge in [0, 0.05) is 6.54 Å². The Morgan fingerprint density at radius 2 is 1.62 bits per heavy atom. The summed E-state index contributed by atoms with van der Waals surface area (Å²) in [5.41, 5.74) is 1.82. The fraction of sp³-hybridized carbons (Fsp3) is 0.200. The molecule has 2 aromatic carbocycles. The molecule has 112 valence electrons. The van der Waals surface area contributed by atoms with Gasteiger partial charge in [0.1, 0.15) is 4.90 Å². The van der Waals surface area contributed by atoms with Crippen molar-refractivity contribution in [1.82, 2.24) is 4.72 Å². The molecule has 6 heteroatoms. The third-order valence-corrected chi connectivity index (χ3v) is 5.00. The summed E-state index contributed by atoms with van der Waals surface area (Å²) >= 11 is 5.90. The Kier molecular flexibility index (Phi) is 5.36. The predicted octanol–water partition coefficient (Wildman–Crippen LogP) is 2.35. The van der Waals surface area contributed by atoms with Gasteiger partial charge in [-0.05, 0) is 29.7 Å². The van der Waals surface area contributed by atoms with E-state index in [1.807, 2.05) is 24.3 Å². The molecular formula is C15H16ClNO3S. The average molecular weight is 326 g/mol. The van der Waals surface area contributed by atoms with Gasteiger partial charge < -0.3 is 5.11 Å². The monoisotopic (exact) mass is 325 g/mol. The Morgan fingerprint density at radius 1 is 1.00 bits per heavy atom. The molecule has 0 saturated carbocycles. The van der Waals surface area contributed by atoms with Crippen LogP contribution in [0, 0.1) is 0 Å². The third-order valence-electron chi connectivity index (χ3n) is 3.04. The second-order valence-electron chi connectivity index (χ2n) is 4.55. The minimum atomic E-state index is -3.60. The van der Waals surface area contributed by atoms with Crippen molar-refractivity contribution < 1.29 is 13.5 Å². The SMILES string of the molecule is O=S(=O)(NCCc1ccc(CO)cc1)c1ccccc1Cl. The fourth-order valence-corrected chi connectivity index (χ4v) is 3.43. The molecule has 0 spiro atoms. The highest BCUT2D eigenvalue weighted by Crippen LogP contribution is 2.20. The smallest absolute Gasteiger partial charge is 0.242 e. The number of aliphatic hydroxyl groups is 1. The van der Waals surface area contributed by atoms with Crippen molar-refractivity contribution in [3.05, 3.63) is 64.7 Å². The molecular weight excluding hydrogens is 310 g/mol. The van der Waals surface area contributed by atoms with Crippen molar-refractivity contribution in [2.24, 2.45) is 0 Å². The van der Waals surface area contributed by atoms with Crippen LogP contribution in [0.25, 0.3) is 0 Å². The molecule has 0 aliphatic carbocycles. The van der Waals surface area contributed by atoms with E-state index in [1.165, 1.54) is 6.07 Å². The summed E-state index contributed by atoms with van der Waals surface area (Å²) in [6.07, 6.45) is 0.565. The molecule has 0 aliphatic heterocycles. The summed E-state index contributed by atoms with van der Waals surface area (Å²) in [4.78, 5) is 0.0855. The summed E-state index contributed by atoms with van der Waals surface area (Å²) in [7, 11) is -3.60. The van der Waals surface area contributed by atoms with Crippen LogP contribution < -0.4 is 4.72 Å². The van der Waals surface area contributed by atoms with Gasteiger partial charge in [-0.1, -0.05) is 48.0 Å². The first kappa shape index (κ1) is 16.0. The highest BCUT2D eigenvalue weighted by molar-refractivity contribution is 7.89. The van der Waals surface area contributed by atoms with Gasteiger partial charge in [-0.15, -0.1) is 0 Å². The Morgan fingerprint density at radius 3 is 2.24 bits per heavy atom. The predicted molar refractivity (Wildman–Crippen MR) is 82.7 cm³/mol. The summed E-state index contributed by atoms with van der Waals surface area (Å²) in [5.74, 6) is 0. The molecule has 0 fully saturated rings. The lowest BCUT2D eigenvalue weighted by molar-refractivity contribution is 0.282. The van der Waals surface area contributed by atoms with Crippen LogP contribution in [0.4, 0.5) is 0 Å². The maximum Gasteiger partial charge on any atom is 0.242 e. The summed E-state index contributed by atoms with van der Waals surface area (Å²) < 4.78 is 26.8. The van der Waals surface area contributed by atoms with Gasteiger partial charge in [-0.2, -0.15) is 0 Å². The second kappa shape index (κ2) is 7.04. The van der Waals surface area contributed by atoms with E-state index >= 15 is 0 Å². The van der Waals surface area contributed by atoms with Crippen LogP contribution in [0.1, 0.15) is 11.1 Å². The van der Waals surface area contributed by atoms with E-state index in [2.05, 4.69) is 4.72 Å². The van der Waals surface area contributed by atoms with Crippen molar-refractivity contribution in [2.45, 2.75) is 17.9 Å².